The van der Waals surface area contributed by atoms with Crippen LogP contribution in [0, 0.1) is 35.0 Å². The quantitative estimate of drug-likeness (QED) is 0.397. The molecule has 3 heterocycles. The van der Waals surface area contributed by atoms with Crippen LogP contribution in [-0.4, -0.2) is 60.8 Å². The number of hydrogen-bond donors (Lipinski definition) is 2. The van der Waals surface area contributed by atoms with Crippen molar-refractivity contribution in [2.75, 3.05) is 18.1 Å². The highest BCUT2D eigenvalue weighted by Crippen LogP contribution is 2.39. The molecule has 3 atom stereocenters. The molecule has 0 radical (unpaired) electrons. The van der Waals surface area contributed by atoms with Gasteiger partial charge in [-0.25, -0.2) is 9.59 Å². The second-order valence-corrected chi connectivity index (χ2v) is 14.5. The Morgan fingerprint density at radius 1 is 1.05 bits per heavy atom. The molecule has 4 fully saturated rings. The third-order valence-electron chi connectivity index (χ3n) is 8.96. The Labute approximate surface area is 252 Å². The maximum Gasteiger partial charge on any atom is 0.407 e. The lowest BCUT2D eigenvalue weighted by Gasteiger charge is -2.39. The van der Waals surface area contributed by atoms with Gasteiger partial charge in [-0.3, -0.25) is 4.79 Å². The highest BCUT2D eigenvalue weighted by Gasteiger charge is 2.44. The number of carbonyl (C=O) groups is 3. The largest absolute Gasteiger partial charge is 0.477 e. The van der Waals surface area contributed by atoms with Gasteiger partial charge in [0.05, 0.1) is 29.7 Å². The molecule has 0 bridgehead atoms. The summed E-state index contributed by atoms with van der Waals surface area (Å²) in [6, 6.07) is 1.57. The minimum Gasteiger partial charge on any atom is -0.477 e. The maximum absolute atomic E-state index is 14.1. The van der Waals surface area contributed by atoms with E-state index in [1.807, 2.05) is 20.8 Å². The van der Waals surface area contributed by atoms with E-state index >= 15 is 0 Å². The number of nitrogens with zero attached hydrogens (tertiary/aromatic N) is 1. The Bertz CT molecular complexity index is 1210. The van der Waals surface area contributed by atoms with Gasteiger partial charge >= 0.3 is 12.1 Å². The number of thiophene rings is 1. The number of carbonyl (C=O) groups excluding carboxylic acids is 2. The molecule has 10 heteroatoms. The van der Waals surface area contributed by atoms with Crippen molar-refractivity contribution in [2.24, 2.45) is 23.2 Å². The molecule has 9 nitrogen and oxygen atoms in total. The highest BCUT2D eigenvalue weighted by atomic mass is 32.1. The van der Waals surface area contributed by atoms with E-state index in [-0.39, 0.29) is 52.5 Å². The van der Waals surface area contributed by atoms with Crippen molar-refractivity contribution in [1.82, 2.24) is 5.32 Å². The first-order valence-electron chi connectivity index (χ1n) is 15.4. The van der Waals surface area contributed by atoms with Crippen molar-refractivity contribution in [2.45, 2.75) is 110 Å². The van der Waals surface area contributed by atoms with Gasteiger partial charge in [0.15, 0.2) is 6.29 Å². The zero-order valence-electron chi connectivity index (χ0n) is 25.1. The van der Waals surface area contributed by atoms with Gasteiger partial charge in [0.25, 0.3) is 0 Å². The third-order valence-corrected chi connectivity index (χ3v) is 9.98. The van der Waals surface area contributed by atoms with Gasteiger partial charge in [0, 0.05) is 23.4 Å². The smallest absolute Gasteiger partial charge is 0.407 e. The van der Waals surface area contributed by atoms with Crippen LogP contribution < -0.4 is 10.2 Å². The van der Waals surface area contributed by atoms with Crippen LogP contribution in [0.25, 0.3) is 0 Å². The number of alkyl carbamates (subject to hydrolysis) is 1. The standard InChI is InChI=1S/C32H44N2O7S/c1-19-5-7-20(8-6-19)28(35)34(25-17-23(13-15-32(2,3)4)42-27(25)29(36)37)22-11-9-21(10-12-22)33-31(38)41-26-18-40-30-24(26)14-16-39-30/h17,19-22,24,26,30H,5-12,14,16,18H2,1-4H3,(H,33,38)(H,36,37)/t19-,20-,21?,22?,24?,26?,30?. The number of nitrogens with one attached hydrogen (secondary N) is 1. The topological polar surface area (TPSA) is 114 Å². The van der Waals surface area contributed by atoms with E-state index in [4.69, 9.17) is 14.2 Å². The fourth-order valence-electron chi connectivity index (χ4n) is 6.59. The van der Waals surface area contributed by atoms with Gasteiger partial charge in [0.2, 0.25) is 5.91 Å². The SMILES string of the molecule is CC(C)(C)C#Cc1cc(N(C(=O)[C@H]2CC[C@H](C)CC2)C2CCC(NC(=O)OC3COC4OCCC34)CC2)c(C(=O)O)s1. The molecule has 5 rings (SSSR count). The van der Waals surface area contributed by atoms with Gasteiger partial charge in [-0.2, -0.15) is 0 Å². The molecule has 2 saturated carbocycles. The molecule has 0 aromatic carbocycles. The van der Waals surface area contributed by atoms with Crippen LogP contribution in [0.3, 0.4) is 0 Å². The van der Waals surface area contributed by atoms with Crippen molar-refractivity contribution in [3.8, 4) is 11.8 Å². The molecule has 2 aliphatic carbocycles. The van der Waals surface area contributed by atoms with Crippen LogP contribution in [0.1, 0.15) is 100 Å². The first kappa shape index (κ1) is 30.8. The summed E-state index contributed by atoms with van der Waals surface area (Å²) in [7, 11) is 0. The summed E-state index contributed by atoms with van der Waals surface area (Å²) in [5, 5.41) is 13.2. The number of amides is 2. The summed E-state index contributed by atoms with van der Waals surface area (Å²) < 4.78 is 16.8. The molecule has 2 aliphatic heterocycles. The van der Waals surface area contributed by atoms with E-state index in [1.54, 1.807) is 11.0 Å². The molecule has 2 amide bonds. The van der Waals surface area contributed by atoms with Crippen molar-refractivity contribution in [1.29, 1.82) is 0 Å². The van der Waals surface area contributed by atoms with Gasteiger partial charge in [-0.15, -0.1) is 11.3 Å². The summed E-state index contributed by atoms with van der Waals surface area (Å²) >= 11 is 1.14. The van der Waals surface area contributed by atoms with Crippen LogP contribution in [0.5, 0.6) is 0 Å². The molecule has 230 valence electrons. The Balaban J connectivity index is 1.30. The van der Waals surface area contributed by atoms with E-state index in [0.29, 0.717) is 55.4 Å². The summed E-state index contributed by atoms with van der Waals surface area (Å²) in [6.07, 6.45) is 6.09. The molecule has 0 spiro atoms. The van der Waals surface area contributed by atoms with E-state index < -0.39 is 12.1 Å². The second-order valence-electron chi connectivity index (χ2n) is 13.4. The van der Waals surface area contributed by atoms with Crippen LogP contribution in [-0.2, 0) is 19.0 Å². The molecule has 1 aromatic rings. The zero-order chi connectivity index (χ0) is 30.0. The minimum atomic E-state index is -1.04. The summed E-state index contributed by atoms with van der Waals surface area (Å²) in [5.41, 5.74) is 0.228. The number of fused-ring (bicyclic) bond motifs is 1. The number of rotatable bonds is 6. The number of anilines is 1. The Kier molecular flexibility index (Phi) is 9.50. The average molecular weight is 601 g/mol. The monoisotopic (exact) mass is 600 g/mol. The average Bonchev–Trinajstić information content (AvgIpc) is 3.66. The first-order valence-corrected chi connectivity index (χ1v) is 16.2. The van der Waals surface area contributed by atoms with Crippen LogP contribution in [0.4, 0.5) is 10.5 Å². The third kappa shape index (κ3) is 7.29. The number of aromatic carboxylic acids is 1. The molecule has 1 aromatic heterocycles. The maximum atomic E-state index is 14.1. The van der Waals surface area contributed by atoms with Crippen molar-refractivity contribution in [3.63, 3.8) is 0 Å². The van der Waals surface area contributed by atoms with E-state index in [9.17, 15) is 19.5 Å². The summed E-state index contributed by atoms with van der Waals surface area (Å²) in [4.78, 5) is 41.8. The fraction of sp³-hybridized carbons (Fsp3) is 0.719. The zero-order valence-corrected chi connectivity index (χ0v) is 26.0. The predicted molar refractivity (Wildman–Crippen MR) is 159 cm³/mol. The molecular formula is C32H44N2O7S. The normalized spacial score (nSPS) is 31.0. The number of carboxylic acids is 1. The Hall–Kier alpha value is -2.61. The molecular weight excluding hydrogens is 556 g/mol. The lowest BCUT2D eigenvalue weighted by Crippen LogP contribution is -2.49. The summed E-state index contributed by atoms with van der Waals surface area (Å²) in [6.45, 7) is 9.22. The van der Waals surface area contributed by atoms with E-state index in [2.05, 4.69) is 24.1 Å². The number of carboxylic acid groups (broad SMARTS) is 1. The van der Waals surface area contributed by atoms with Crippen molar-refractivity contribution in [3.05, 3.63) is 15.8 Å². The van der Waals surface area contributed by atoms with E-state index in [0.717, 1.165) is 43.4 Å². The van der Waals surface area contributed by atoms with Crippen LogP contribution >= 0.6 is 11.3 Å². The van der Waals surface area contributed by atoms with Crippen molar-refractivity contribution < 1.29 is 33.7 Å². The molecule has 2 saturated heterocycles. The lowest BCUT2D eigenvalue weighted by molar-refractivity contribution is -0.124. The minimum absolute atomic E-state index is 0.0166. The second kappa shape index (κ2) is 12.9. The van der Waals surface area contributed by atoms with Crippen LogP contribution in [0.15, 0.2) is 6.07 Å². The Morgan fingerprint density at radius 3 is 2.43 bits per heavy atom. The van der Waals surface area contributed by atoms with E-state index in [1.165, 1.54) is 0 Å². The molecule has 42 heavy (non-hydrogen) atoms. The van der Waals surface area contributed by atoms with Crippen molar-refractivity contribution >= 4 is 35.0 Å². The van der Waals surface area contributed by atoms with Gasteiger partial charge in [0.1, 0.15) is 11.0 Å². The van der Waals surface area contributed by atoms with Gasteiger partial charge < -0.3 is 29.5 Å². The predicted octanol–water partition coefficient (Wildman–Crippen LogP) is 5.80. The Morgan fingerprint density at radius 2 is 1.76 bits per heavy atom. The fourth-order valence-corrected chi connectivity index (χ4v) is 7.43. The van der Waals surface area contributed by atoms with Gasteiger partial charge in [-0.05, 0) is 90.5 Å². The lowest BCUT2D eigenvalue weighted by atomic mass is 9.81. The first-order chi connectivity index (χ1) is 20.0. The molecule has 4 aliphatic rings. The highest BCUT2D eigenvalue weighted by molar-refractivity contribution is 7.15. The molecule has 2 N–H and O–H groups in total. The number of hydrogen-bond acceptors (Lipinski definition) is 7. The molecule has 3 unspecified atom stereocenters. The number of ether oxygens (including phenoxy) is 3. The van der Waals surface area contributed by atoms with Crippen LogP contribution in [0.2, 0.25) is 0 Å². The van der Waals surface area contributed by atoms with Gasteiger partial charge in [-0.1, -0.05) is 18.8 Å². The summed E-state index contributed by atoms with van der Waals surface area (Å²) in [5.74, 6) is 5.88.